The molecule has 0 aliphatic carbocycles. The number of hydrogen-bond acceptors (Lipinski definition) is 6. The van der Waals surface area contributed by atoms with Crippen LogP contribution in [0.2, 0.25) is 0 Å². The van der Waals surface area contributed by atoms with Gasteiger partial charge in [-0.3, -0.25) is 15.0 Å². The number of benzene rings is 2. The van der Waals surface area contributed by atoms with Crippen LogP contribution < -0.4 is 14.9 Å². The van der Waals surface area contributed by atoms with Crippen LogP contribution in [0.4, 0.5) is 0 Å². The molecular formula is C21H19IN2O4S2. The summed E-state index contributed by atoms with van der Waals surface area (Å²) >= 11 is 8.60. The summed E-state index contributed by atoms with van der Waals surface area (Å²) in [5.41, 5.74) is 3.80. The summed E-state index contributed by atoms with van der Waals surface area (Å²) in [6.07, 6.45) is 1.73. The molecule has 3 rings (SSSR count). The molecule has 0 bridgehead atoms. The topological polar surface area (TPSA) is 67.9 Å². The van der Waals surface area contributed by atoms with Crippen molar-refractivity contribution >= 4 is 68.8 Å². The van der Waals surface area contributed by atoms with E-state index in [1.807, 2.05) is 32.0 Å². The second-order valence-electron chi connectivity index (χ2n) is 6.02. The van der Waals surface area contributed by atoms with Crippen molar-refractivity contribution in [3.05, 3.63) is 62.1 Å². The number of rotatable bonds is 7. The number of hydrazine groups is 1. The fourth-order valence-corrected chi connectivity index (χ4v) is 4.65. The van der Waals surface area contributed by atoms with E-state index < -0.39 is 5.91 Å². The Kier molecular flexibility index (Phi) is 7.73. The predicted molar refractivity (Wildman–Crippen MR) is 130 cm³/mol. The Labute approximate surface area is 198 Å². The zero-order valence-corrected chi connectivity index (χ0v) is 20.1. The molecule has 156 valence electrons. The van der Waals surface area contributed by atoms with Crippen LogP contribution in [0, 0.1) is 3.57 Å². The number of amides is 2. The van der Waals surface area contributed by atoms with Gasteiger partial charge in [-0.1, -0.05) is 30.0 Å². The van der Waals surface area contributed by atoms with Gasteiger partial charge < -0.3 is 9.47 Å². The van der Waals surface area contributed by atoms with Crippen LogP contribution in [0.5, 0.6) is 11.5 Å². The van der Waals surface area contributed by atoms with Gasteiger partial charge in [0.25, 0.3) is 11.8 Å². The molecule has 1 saturated heterocycles. The van der Waals surface area contributed by atoms with Crippen LogP contribution in [-0.4, -0.2) is 34.4 Å². The molecule has 2 aromatic carbocycles. The summed E-state index contributed by atoms with van der Waals surface area (Å²) in [5.74, 6) is 0.517. The van der Waals surface area contributed by atoms with Crippen LogP contribution in [0.25, 0.3) is 6.08 Å². The summed E-state index contributed by atoms with van der Waals surface area (Å²) in [7, 11) is 0. The molecule has 2 amide bonds. The van der Waals surface area contributed by atoms with E-state index in [1.165, 1.54) is 0 Å². The van der Waals surface area contributed by atoms with Gasteiger partial charge in [-0.2, -0.15) is 5.01 Å². The van der Waals surface area contributed by atoms with E-state index >= 15 is 0 Å². The lowest BCUT2D eigenvalue weighted by Gasteiger charge is -2.15. The first-order valence-electron chi connectivity index (χ1n) is 9.17. The van der Waals surface area contributed by atoms with Crippen LogP contribution in [-0.2, 0) is 4.79 Å². The largest absolute Gasteiger partial charge is 0.490 e. The number of carbonyl (C=O) groups excluding carboxylic acids is 2. The van der Waals surface area contributed by atoms with Gasteiger partial charge in [-0.25, -0.2) is 0 Å². The van der Waals surface area contributed by atoms with E-state index in [2.05, 4.69) is 28.0 Å². The lowest BCUT2D eigenvalue weighted by Crippen LogP contribution is -2.44. The highest BCUT2D eigenvalue weighted by molar-refractivity contribution is 14.1. The third-order valence-corrected chi connectivity index (χ3v) is 6.06. The maximum Gasteiger partial charge on any atom is 0.285 e. The third kappa shape index (κ3) is 5.13. The van der Waals surface area contributed by atoms with Gasteiger partial charge in [0.15, 0.2) is 15.8 Å². The van der Waals surface area contributed by atoms with Crippen molar-refractivity contribution in [1.29, 1.82) is 0 Å². The van der Waals surface area contributed by atoms with Crippen molar-refractivity contribution in [1.82, 2.24) is 10.4 Å². The fourth-order valence-electron chi connectivity index (χ4n) is 2.69. The summed E-state index contributed by atoms with van der Waals surface area (Å²) < 4.78 is 12.5. The molecule has 0 aromatic heterocycles. The number of nitrogens with zero attached hydrogens (tertiary/aromatic N) is 1. The Bertz CT molecular complexity index is 1010. The minimum atomic E-state index is -0.401. The first-order valence-corrected chi connectivity index (χ1v) is 11.5. The predicted octanol–water partition coefficient (Wildman–Crippen LogP) is 4.63. The normalized spacial score (nSPS) is 14.9. The number of hydrogen-bond donors (Lipinski definition) is 1. The standard InChI is InChI=1S/C21H19IN2O4S2/c1-3-27-16-11-13(10-15(22)18(16)28-4-2)12-17-20(26)24(21(29)30-17)23-19(25)14-8-6-5-7-9-14/h5-12H,3-4H2,1-2H3,(H,23,25). The lowest BCUT2D eigenvalue weighted by atomic mass is 10.2. The number of nitrogens with one attached hydrogen (secondary N) is 1. The Hall–Kier alpha value is -2.11. The minimum absolute atomic E-state index is 0.265. The molecule has 0 spiro atoms. The SMILES string of the molecule is CCOc1cc(C=C2SC(=S)N(NC(=O)c3ccccc3)C2=O)cc(I)c1OCC. The smallest absolute Gasteiger partial charge is 0.285 e. The van der Waals surface area contributed by atoms with Crippen LogP contribution in [0.3, 0.4) is 0 Å². The molecule has 6 nitrogen and oxygen atoms in total. The van der Waals surface area contributed by atoms with Gasteiger partial charge >= 0.3 is 0 Å². The molecule has 1 aliphatic heterocycles. The van der Waals surface area contributed by atoms with E-state index in [1.54, 1.807) is 30.3 Å². The van der Waals surface area contributed by atoms with Crippen molar-refractivity contribution in [2.45, 2.75) is 13.8 Å². The van der Waals surface area contributed by atoms with Crippen LogP contribution in [0.15, 0.2) is 47.4 Å². The zero-order valence-electron chi connectivity index (χ0n) is 16.3. The molecule has 2 aromatic rings. The average Bonchev–Trinajstić information content (AvgIpc) is 2.98. The molecule has 0 atom stereocenters. The van der Waals surface area contributed by atoms with Crippen molar-refractivity contribution in [2.75, 3.05) is 13.2 Å². The van der Waals surface area contributed by atoms with E-state index in [4.69, 9.17) is 21.7 Å². The van der Waals surface area contributed by atoms with E-state index in [-0.39, 0.29) is 10.2 Å². The molecule has 0 saturated carbocycles. The molecule has 30 heavy (non-hydrogen) atoms. The second kappa shape index (κ2) is 10.3. The lowest BCUT2D eigenvalue weighted by molar-refractivity contribution is -0.123. The zero-order chi connectivity index (χ0) is 21.7. The number of carbonyl (C=O) groups is 2. The highest BCUT2D eigenvalue weighted by Gasteiger charge is 2.34. The molecule has 1 fully saturated rings. The van der Waals surface area contributed by atoms with Crippen molar-refractivity contribution < 1.29 is 19.1 Å². The van der Waals surface area contributed by atoms with Crippen LogP contribution >= 0.6 is 46.6 Å². The molecule has 0 radical (unpaired) electrons. The van der Waals surface area contributed by atoms with Crippen molar-refractivity contribution in [3.63, 3.8) is 0 Å². The van der Waals surface area contributed by atoms with Gasteiger partial charge in [-0.15, -0.1) is 0 Å². The fraction of sp³-hybridized carbons (Fsp3) is 0.190. The van der Waals surface area contributed by atoms with Crippen molar-refractivity contribution in [3.8, 4) is 11.5 Å². The Morgan fingerprint density at radius 3 is 2.57 bits per heavy atom. The second-order valence-corrected chi connectivity index (χ2v) is 8.86. The maximum absolute atomic E-state index is 12.8. The first kappa shape index (κ1) is 22.6. The first-order chi connectivity index (χ1) is 14.4. The Morgan fingerprint density at radius 2 is 1.90 bits per heavy atom. The summed E-state index contributed by atoms with van der Waals surface area (Å²) in [4.78, 5) is 25.6. The van der Waals surface area contributed by atoms with Crippen LogP contribution in [0.1, 0.15) is 29.8 Å². The van der Waals surface area contributed by atoms with Gasteiger partial charge in [0, 0.05) is 5.56 Å². The number of halogens is 1. The minimum Gasteiger partial charge on any atom is -0.490 e. The highest BCUT2D eigenvalue weighted by Crippen LogP contribution is 2.37. The highest BCUT2D eigenvalue weighted by atomic mass is 127. The molecular weight excluding hydrogens is 535 g/mol. The molecule has 1 heterocycles. The van der Waals surface area contributed by atoms with E-state index in [9.17, 15) is 9.59 Å². The van der Waals surface area contributed by atoms with E-state index in [0.717, 1.165) is 25.9 Å². The number of thiocarbonyl (C=S) groups is 1. The van der Waals surface area contributed by atoms with Gasteiger partial charge in [0.05, 0.1) is 21.7 Å². The number of thioether (sulfide) groups is 1. The van der Waals surface area contributed by atoms with Crippen molar-refractivity contribution in [2.24, 2.45) is 0 Å². The molecule has 9 heteroatoms. The molecule has 0 unspecified atom stereocenters. The Balaban J connectivity index is 1.84. The van der Waals surface area contributed by atoms with Gasteiger partial charge in [0.1, 0.15) is 0 Å². The maximum atomic E-state index is 12.8. The Morgan fingerprint density at radius 1 is 1.20 bits per heavy atom. The third-order valence-electron chi connectivity index (χ3n) is 3.96. The summed E-state index contributed by atoms with van der Waals surface area (Å²) in [6, 6.07) is 12.4. The summed E-state index contributed by atoms with van der Waals surface area (Å²) in [6.45, 7) is 4.83. The van der Waals surface area contributed by atoms with Gasteiger partial charge in [-0.05, 0) is 84.6 Å². The van der Waals surface area contributed by atoms with Gasteiger partial charge in [0.2, 0.25) is 0 Å². The monoisotopic (exact) mass is 554 g/mol. The van der Waals surface area contributed by atoms with E-state index in [0.29, 0.717) is 35.2 Å². The quantitative estimate of drug-likeness (QED) is 0.306. The molecule has 1 N–H and O–H groups in total. The summed E-state index contributed by atoms with van der Waals surface area (Å²) in [5, 5.41) is 1.10. The molecule has 1 aliphatic rings. The average molecular weight is 554 g/mol. The number of ether oxygens (including phenoxy) is 2.